The number of amides is 1. The van der Waals surface area contributed by atoms with Gasteiger partial charge in [0.15, 0.2) is 11.9 Å². The normalized spacial score (nSPS) is 17.9. The van der Waals surface area contributed by atoms with Crippen LogP contribution in [0.25, 0.3) is 0 Å². The van der Waals surface area contributed by atoms with Crippen molar-refractivity contribution in [3.05, 3.63) is 28.3 Å². The van der Waals surface area contributed by atoms with Crippen LogP contribution in [-0.2, 0) is 4.79 Å². The molecule has 0 saturated heterocycles. The lowest BCUT2D eigenvalue weighted by atomic mass is 10.0. The Morgan fingerprint density at radius 2 is 2.20 bits per heavy atom. The molecule has 1 aromatic rings. The molecule has 7 heteroatoms. The number of carbonyl (C=O) groups is 1. The molecular weight excluding hydrogens is 262 g/mol. The van der Waals surface area contributed by atoms with Gasteiger partial charge in [-0.25, -0.2) is 0 Å². The fourth-order valence-electron chi connectivity index (χ4n) is 2.17. The predicted molar refractivity (Wildman–Crippen MR) is 73.8 cm³/mol. The average Bonchev–Trinajstić information content (AvgIpc) is 2.40. The van der Waals surface area contributed by atoms with Gasteiger partial charge in [0.2, 0.25) is 0 Å². The molecule has 108 valence electrons. The maximum Gasteiger partial charge on any atom is 0.273 e. The van der Waals surface area contributed by atoms with Gasteiger partial charge in [0.25, 0.3) is 11.6 Å². The van der Waals surface area contributed by atoms with E-state index in [1.807, 2.05) is 13.8 Å². The van der Waals surface area contributed by atoms with Crippen molar-refractivity contribution < 1.29 is 14.5 Å². The number of nitrogens with zero attached hydrogens (tertiary/aromatic N) is 2. The molecule has 0 saturated carbocycles. The van der Waals surface area contributed by atoms with Crippen LogP contribution in [0.2, 0.25) is 0 Å². The number of fused-ring (bicyclic) bond motifs is 1. The first-order chi connectivity index (χ1) is 9.45. The Morgan fingerprint density at radius 1 is 1.50 bits per heavy atom. The molecule has 2 rings (SSSR count). The van der Waals surface area contributed by atoms with Gasteiger partial charge in [-0.15, -0.1) is 0 Å². The van der Waals surface area contributed by atoms with Crippen molar-refractivity contribution in [2.45, 2.75) is 20.0 Å². The van der Waals surface area contributed by atoms with Crippen LogP contribution in [0.4, 0.5) is 11.4 Å². The van der Waals surface area contributed by atoms with Gasteiger partial charge in [0.05, 0.1) is 16.7 Å². The number of hydrogen-bond acceptors (Lipinski definition) is 5. The zero-order valence-corrected chi connectivity index (χ0v) is 11.4. The summed E-state index contributed by atoms with van der Waals surface area (Å²) < 4.78 is 5.64. The van der Waals surface area contributed by atoms with Crippen LogP contribution in [0.15, 0.2) is 18.2 Å². The van der Waals surface area contributed by atoms with Crippen LogP contribution in [0.1, 0.15) is 13.8 Å². The number of rotatable bonds is 4. The third-order valence-corrected chi connectivity index (χ3v) is 3.17. The minimum absolute atomic E-state index is 0.0322. The van der Waals surface area contributed by atoms with E-state index in [1.165, 1.54) is 23.1 Å². The summed E-state index contributed by atoms with van der Waals surface area (Å²) in [5, 5.41) is 10.8. The number of nitro benzene ring substituents is 1. The van der Waals surface area contributed by atoms with Crippen LogP contribution in [0, 0.1) is 16.0 Å². The second kappa shape index (κ2) is 5.46. The topological polar surface area (TPSA) is 98.7 Å². The van der Waals surface area contributed by atoms with E-state index < -0.39 is 11.0 Å². The Balaban J connectivity index is 2.47. The fourth-order valence-corrected chi connectivity index (χ4v) is 2.17. The highest BCUT2D eigenvalue weighted by Gasteiger charge is 2.36. The summed E-state index contributed by atoms with van der Waals surface area (Å²) >= 11 is 0. The molecule has 7 nitrogen and oxygen atoms in total. The van der Waals surface area contributed by atoms with Crippen molar-refractivity contribution in [2.75, 3.05) is 18.0 Å². The number of nitro groups is 1. The minimum atomic E-state index is -0.643. The van der Waals surface area contributed by atoms with E-state index in [9.17, 15) is 14.9 Å². The number of nitrogens with two attached hydrogens (primary N) is 1. The molecule has 1 amide bonds. The van der Waals surface area contributed by atoms with Crippen LogP contribution in [0.5, 0.6) is 5.75 Å². The van der Waals surface area contributed by atoms with Gasteiger partial charge in [-0.3, -0.25) is 14.9 Å². The highest BCUT2D eigenvalue weighted by molar-refractivity contribution is 6.00. The number of non-ortho nitro benzene ring substituents is 1. The Labute approximate surface area is 116 Å². The third-order valence-electron chi connectivity index (χ3n) is 3.17. The van der Waals surface area contributed by atoms with E-state index in [1.54, 1.807) is 0 Å². The van der Waals surface area contributed by atoms with Crippen LogP contribution in [-0.4, -0.2) is 30.0 Å². The summed E-state index contributed by atoms with van der Waals surface area (Å²) in [6.07, 6.45) is -0.643. The molecule has 1 unspecified atom stereocenters. The van der Waals surface area contributed by atoms with E-state index in [4.69, 9.17) is 10.5 Å². The molecule has 1 heterocycles. The van der Waals surface area contributed by atoms with E-state index in [0.717, 1.165) is 0 Å². The Bertz CT molecular complexity index is 544. The maximum atomic E-state index is 12.3. The molecule has 0 radical (unpaired) electrons. The highest BCUT2D eigenvalue weighted by atomic mass is 16.6. The average molecular weight is 279 g/mol. The molecular formula is C13H17N3O4. The minimum Gasteiger partial charge on any atom is -0.478 e. The summed E-state index contributed by atoms with van der Waals surface area (Å²) in [4.78, 5) is 24.2. The van der Waals surface area contributed by atoms with Crippen molar-refractivity contribution in [3.8, 4) is 5.75 Å². The van der Waals surface area contributed by atoms with Gasteiger partial charge < -0.3 is 15.4 Å². The van der Waals surface area contributed by atoms with Crippen molar-refractivity contribution >= 4 is 17.3 Å². The largest absolute Gasteiger partial charge is 0.478 e. The molecule has 0 aliphatic carbocycles. The predicted octanol–water partition coefficient (Wildman–Crippen LogP) is 1.30. The van der Waals surface area contributed by atoms with Gasteiger partial charge in [0.1, 0.15) is 0 Å². The van der Waals surface area contributed by atoms with Gasteiger partial charge >= 0.3 is 0 Å². The zero-order valence-electron chi connectivity index (χ0n) is 11.4. The molecule has 20 heavy (non-hydrogen) atoms. The van der Waals surface area contributed by atoms with Gasteiger partial charge in [0, 0.05) is 19.2 Å². The van der Waals surface area contributed by atoms with E-state index in [-0.39, 0.29) is 17.5 Å². The quantitative estimate of drug-likeness (QED) is 0.661. The lowest BCUT2D eigenvalue weighted by molar-refractivity contribution is -0.384. The van der Waals surface area contributed by atoms with Gasteiger partial charge in [-0.2, -0.15) is 0 Å². The molecule has 0 bridgehead atoms. The Morgan fingerprint density at radius 3 is 2.75 bits per heavy atom. The van der Waals surface area contributed by atoms with E-state index in [0.29, 0.717) is 24.5 Å². The SMILES string of the molecule is CC(C)C1Oc2cc([N+](=O)[O-])ccc2N(CCN)C1=O. The summed E-state index contributed by atoms with van der Waals surface area (Å²) in [5.74, 6) is 0.160. The maximum absolute atomic E-state index is 12.3. The first-order valence-corrected chi connectivity index (χ1v) is 6.42. The molecule has 1 aromatic carbocycles. The molecule has 1 aliphatic rings. The standard InChI is InChI=1S/C13H17N3O4/c1-8(2)12-13(17)15(6-5-14)10-4-3-9(16(18)19)7-11(10)20-12/h3-4,7-8,12H,5-6,14H2,1-2H3. The summed E-state index contributed by atoms with van der Waals surface area (Å²) in [5.41, 5.74) is 6.00. The third kappa shape index (κ3) is 2.44. The summed E-state index contributed by atoms with van der Waals surface area (Å²) in [6.45, 7) is 4.40. The number of anilines is 1. The first kappa shape index (κ1) is 14.3. The molecule has 2 N–H and O–H groups in total. The van der Waals surface area contributed by atoms with Crippen LogP contribution < -0.4 is 15.4 Å². The van der Waals surface area contributed by atoms with Gasteiger partial charge in [-0.1, -0.05) is 13.8 Å². The second-order valence-electron chi connectivity index (χ2n) is 4.97. The second-order valence-corrected chi connectivity index (χ2v) is 4.97. The lowest BCUT2D eigenvalue weighted by Gasteiger charge is -2.35. The Hall–Kier alpha value is -2.15. The molecule has 1 atom stereocenters. The number of carbonyl (C=O) groups excluding carboxylic acids is 1. The number of benzene rings is 1. The monoisotopic (exact) mass is 279 g/mol. The van der Waals surface area contributed by atoms with E-state index >= 15 is 0 Å². The van der Waals surface area contributed by atoms with Crippen molar-refractivity contribution in [1.82, 2.24) is 0 Å². The van der Waals surface area contributed by atoms with E-state index in [2.05, 4.69) is 0 Å². The van der Waals surface area contributed by atoms with Crippen molar-refractivity contribution in [3.63, 3.8) is 0 Å². The summed E-state index contributed by atoms with van der Waals surface area (Å²) in [7, 11) is 0. The van der Waals surface area contributed by atoms with Crippen LogP contribution in [0.3, 0.4) is 0 Å². The number of ether oxygens (including phenoxy) is 1. The highest BCUT2D eigenvalue weighted by Crippen LogP contribution is 2.37. The van der Waals surface area contributed by atoms with Crippen molar-refractivity contribution in [1.29, 1.82) is 0 Å². The Kier molecular flexibility index (Phi) is 3.89. The van der Waals surface area contributed by atoms with Crippen molar-refractivity contribution in [2.24, 2.45) is 11.7 Å². The van der Waals surface area contributed by atoms with Crippen LogP contribution >= 0.6 is 0 Å². The first-order valence-electron chi connectivity index (χ1n) is 6.42. The molecule has 0 fully saturated rings. The zero-order chi connectivity index (χ0) is 14.9. The fraction of sp³-hybridized carbons (Fsp3) is 0.462. The smallest absolute Gasteiger partial charge is 0.273 e. The van der Waals surface area contributed by atoms with Gasteiger partial charge in [-0.05, 0) is 12.0 Å². The number of hydrogen-bond donors (Lipinski definition) is 1. The molecule has 0 spiro atoms. The molecule has 1 aliphatic heterocycles. The lowest BCUT2D eigenvalue weighted by Crippen LogP contribution is -2.49. The molecule has 0 aromatic heterocycles. The summed E-state index contributed by atoms with van der Waals surface area (Å²) in [6, 6.07) is 4.23.